The lowest BCUT2D eigenvalue weighted by Gasteiger charge is -2.39. The number of hydrogen-bond acceptors (Lipinski definition) is 8. The molecule has 190 valence electrons. The van der Waals surface area contributed by atoms with Gasteiger partial charge in [-0.2, -0.15) is 0 Å². The van der Waals surface area contributed by atoms with Gasteiger partial charge in [-0.3, -0.25) is 9.78 Å². The third kappa shape index (κ3) is 4.17. The number of aliphatic hydroxyl groups is 1. The fourth-order valence-electron chi connectivity index (χ4n) is 5.04. The van der Waals surface area contributed by atoms with Crippen LogP contribution in [0.15, 0.2) is 49.1 Å². The Hall–Kier alpha value is -4.02. The molecule has 1 fully saturated rings. The Morgan fingerprint density at radius 2 is 2.03 bits per heavy atom. The summed E-state index contributed by atoms with van der Waals surface area (Å²) < 4.78 is 7.71. The van der Waals surface area contributed by atoms with Gasteiger partial charge >= 0.3 is 0 Å². The predicted molar refractivity (Wildman–Crippen MR) is 141 cm³/mol. The van der Waals surface area contributed by atoms with E-state index in [9.17, 15) is 9.90 Å². The number of ether oxygens (including phenoxy) is 1. The molecule has 0 aromatic carbocycles. The van der Waals surface area contributed by atoms with Gasteiger partial charge < -0.3 is 29.9 Å². The number of fused-ring (bicyclic) bond motifs is 2. The van der Waals surface area contributed by atoms with Crippen molar-refractivity contribution in [1.29, 1.82) is 0 Å². The van der Waals surface area contributed by atoms with E-state index in [1.807, 2.05) is 42.1 Å². The van der Waals surface area contributed by atoms with Crippen LogP contribution in [-0.2, 0) is 18.3 Å². The van der Waals surface area contributed by atoms with Crippen molar-refractivity contribution in [3.8, 4) is 11.3 Å². The molecule has 0 spiro atoms. The van der Waals surface area contributed by atoms with Crippen LogP contribution in [0.4, 0.5) is 17.2 Å². The Morgan fingerprint density at radius 3 is 2.81 bits per heavy atom. The van der Waals surface area contributed by atoms with E-state index < -0.39 is 5.60 Å². The van der Waals surface area contributed by atoms with Crippen LogP contribution in [0.25, 0.3) is 22.3 Å². The molecule has 10 nitrogen and oxygen atoms in total. The van der Waals surface area contributed by atoms with E-state index >= 15 is 0 Å². The number of rotatable bonds is 5. The van der Waals surface area contributed by atoms with Gasteiger partial charge in [0.15, 0.2) is 0 Å². The van der Waals surface area contributed by atoms with Gasteiger partial charge in [0.25, 0.3) is 5.91 Å². The van der Waals surface area contributed by atoms with Crippen molar-refractivity contribution in [1.82, 2.24) is 24.8 Å². The Bertz CT molecular complexity index is 1490. The number of aryl methyl sites for hydroxylation is 1. The quantitative estimate of drug-likeness (QED) is 0.384. The van der Waals surface area contributed by atoms with Gasteiger partial charge in [0, 0.05) is 55.6 Å². The molecule has 1 unspecified atom stereocenters. The first kappa shape index (κ1) is 23.4. The Balaban J connectivity index is 1.28. The van der Waals surface area contributed by atoms with Gasteiger partial charge in [-0.1, -0.05) is 0 Å². The Labute approximate surface area is 214 Å². The van der Waals surface area contributed by atoms with E-state index in [1.165, 1.54) is 0 Å². The number of pyridine rings is 3. The van der Waals surface area contributed by atoms with Crippen molar-refractivity contribution >= 4 is 34.1 Å². The number of amides is 1. The molecule has 4 aromatic rings. The lowest BCUT2D eigenvalue weighted by Crippen LogP contribution is -2.52. The van der Waals surface area contributed by atoms with E-state index in [4.69, 9.17) is 9.72 Å². The first-order valence-electron chi connectivity index (χ1n) is 12.3. The average Bonchev–Trinajstić information content (AvgIpc) is 3.47. The zero-order valence-electron chi connectivity index (χ0n) is 21.0. The number of anilines is 3. The summed E-state index contributed by atoms with van der Waals surface area (Å²) in [5.41, 5.74) is 4.66. The van der Waals surface area contributed by atoms with Crippen LogP contribution in [-0.4, -0.2) is 61.9 Å². The van der Waals surface area contributed by atoms with Crippen LogP contribution in [0, 0.1) is 0 Å². The van der Waals surface area contributed by atoms with Crippen LogP contribution in [0.3, 0.4) is 0 Å². The molecule has 1 atom stereocenters. The summed E-state index contributed by atoms with van der Waals surface area (Å²) in [6, 6.07) is 7.82. The highest BCUT2D eigenvalue weighted by Gasteiger charge is 2.33. The number of morpholine rings is 1. The van der Waals surface area contributed by atoms with Crippen molar-refractivity contribution < 1.29 is 14.6 Å². The van der Waals surface area contributed by atoms with Gasteiger partial charge in [0.1, 0.15) is 17.6 Å². The summed E-state index contributed by atoms with van der Waals surface area (Å²) >= 11 is 0. The second-order valence-electron chi connectivity index (χ2n) is 10.1. The monoisotopic (exact) mass is 499 g/mol. The first-order chi connectivity index (χ1) is 17.8. The molecule has 2 aliphatic heterocycles. The van der Waals surface area contributed by atoms with Crippen molar-refractivity contribution in [2.24, 2.45) is 7.05 Å². The summed E-state index contributed by atoms with van der Waals surface area (Å²) in [7, 11) is 1.96. The molecule has 0 radical (unpaired) electrons. The second-order valence-corrected chi connectivity index (χ2v) is 10.1. The zero-order valence-corrected chi connectivity index (χ0v) is 21.0. The van der Waals surface area contributed by atoms with Gasteiger partial charge in [-0.05, 0) is 38.1 Å². The van der Waals surface area contributed by atoms with E-state index in [1.54, 1.807) is 32.4 Å². The topological polar surface area (TPSA) is 117 Å². The maximum absolute atomic E-state index is 12.8. The maximum atomic E-state index is 12.8. The summed E-state index contributed by atoms with van der Waals surface area (Å²) in [5.74, 6) is 0.476. The van der Waals surface area contributed by atoms with Gasteiger partial charge in [0.05, 0.1) is 47.2 Å². The molecule has 1 amide bonds. The standard InChI is InChI=1S/C27H29N7O3/c1-27(2,36)21-15-34(10-11-37-21)16-4-5-22(29-12-16)32-20-14-30-24(19-13-31-26(35)23(19)20)17-6-8-28-25-18(17)7-9-33(25)3/h4-9,12,14,21,36H,10-11,13,15H2,1-3H3,(H,29,32)(H,31,35). The van der Waals surface area contributed by atoms with Crippen LogP contribution < -0.4 is 15.5 Å². The van der Waals surface area contributed by atoms with Crippen LogP contribution in [0.1, 0.15) is 29.8 Å². The molecule has 10 heteroatoms. The Morgan fingerprint density at radius 1 is 1.16 bits per heavy atom. The molecular formula is C27H29N7O3. The SMILES string of the molecule is Cn1ccc2c(-c3ncc(Nc4ccc(N5CCOC(C(C)(C)O)C5)cn4)c4c3CNC4=O)ccnc21. The number of aromatic nitrogens is 4. The summed E-state index contributed by atoms with van der Waals surface area (Å²) in [5, 5.41) is 17.6. The average molecular weight is 500 g/mol. The molecule has 6 rings (SSSR count). The highest BCUT2D eigenvalue weighted by molar-refractivity contribution is 6.06. The number of hydrogen-bond donors (Lipinski definition) is 3. The summed E-state index contributed by atoms with van der Waals surface area (Å²) in [6.45, 7) is 5.79. The molecule has 0 saturated carbocycles. The number of nitrogens with one attached hydrogen (secondary N) is 2. The van der Waals surface area contributed by atoms with E-state index in [-0.39, 0.29) is 12.0 Å². The van der Waals surface area contributed by atoms with Crippen molar-refractivity contribution in [2.45, 2.75) is 32.1 Å². The molecule has 0 aliphatic carbocycles. The molecule has 0 bridgehead atoms. The van der Waals surface area contributed by atoms with E-state index in [0.29, 0.717) is 36.8 Å². The minimum absolute atomic E-state index is 0.137. The minimum Gasteiger partial charge on any atom is -0.388 e. The lowest BCUT2D eigenvalue weighted by atomic mass is 10.00. The summed E-state index contributed by atoms with van der Waals surface area (Å²) in [4.78, 5) is 28.8. The van der Waals surface area contributed by atoms with Gasteiger partial charge in [0.2, 0.25) is 0 Å². The largest absolute Gasteiger partial charge is 0.388 e. The van der Waals surface area contributed by atoms with Crippen molar-refractivity contribution in [3.63, 3.8) is 0 Å². The number of nitrogens with zero attached hydrogens (tertiary/aromatic N) is 5. The third-order valence-electron chi connectivity index (χ3n) is 7.09. The molecule has 3 N–H and O–H groups in total. The number of carbonyl (C=O) groups is 1. The fraction of sp³-hybridized carbons (Fsp3) is 0.333. The highest BCUT2D eigenvalue weighted by Crippen LogP contribution is 2.36. The van der Waals surface area contributed by atoms with Gasteiger partial charge in [-0.15, -0.1) is 0 Å². The van der Waals surface area contributed by atoms with Gasteiger partial charge in [-0.25, -0.2) is 9.97 Å². The molecular weight excluding hydrogens is 470 g/mol. The minimum atomic E-state index is -0.920. The van der Waals surface area contributed by atoms with Crippen molar-refractivity contribution in [3.05, 3.63) is 60.2 Å². The van der Waals surface area contributed by atoms with Crippen LogP contribution >= 0.6 is 0 Å². The zero-order chi connectivity index (χ0) is 25.7. The second kappa shape index (κ2) is 8.82. The molecule has 37 heavy (non-hydrogen) atoms. The maximum Gasteiger partial charge on any atom is 0.254 e. The first-order valence-corrected chi connectivity index (χ1v) is 12.3. The normalized spacial score (nSPS) is 17.7. The smallest absolute Gasteiger partial charge is 0.254 e. The number of carbonyl (C=O) groups excluding carboxylic acids is 1. The van der Waals surface area contributed by atoms with Crippen molar-refractivity contribution in [2.75, 3.05) is 29.9 Å². The van der Waals surface area contributed by atoms with E-state index in [2.05, 4.69) is 25.5 Å². The van der Waals surface area contributed by atoms with Crippen LogP contribution in [0.5, 0.6) is 0 Å². The lowest BCUT2D eigenvalue weighted by molar-refractivity contribution is -0.0928. The third-order valence-corrected chi connectivity index (χ3v) is 7.09. The summed E-state index contributed by atoms with van der Waals surface area (Å²) in [6.07, 6.45) is 6.95. The molecule has 4 aromatic heterocycles. The molecule has 1 saturated heterocycles. The highest BCUT2D eigenvalue weighted by atomic mass is 16.5. The Kier molecular flexibility index (Phi) is 5.58. The fourth-order valence-corrected chi connectivity index (χ4v) is 5.04. The van der Waals surface area contributed by atoms with Crippen LogP contribution in [0.2, 0.25) is 0 Å². The molecule has 2 aliphatic rings. The predicted octanol–water partition coefficient (Wildman–Crippen LogP) is 2.99. The molecule has 6 heterocycles. The van der Waals surface area contributed by atoms with E-state index in [0.717, 1.165) is 40.1 Å².